The molecule has 2 amide bonds. The molecule has 2 saturated heterocycles. The molecule has 222 valence electrons. The normalized spacial score (nSPS) is 22.4. The number of aromatic carboxylic acids is 1. The Bertz CT molecular complexity index is 1460. The van der Waals surface area contributed by atoms with Gasteiger partial charge in [-0.3, -0.25) is 4.90 Å². The van der Waals surface area contributed by atoms with Crippen molar-refractivity contribution in [2.24, 2.45) is 0 Å². The van der Waals surface area contributed by atoms with Crippen molar-refractivity contribution in [3.8, 4) is 11.3 Å². The van der Waals surface area contributed by atoms with Gasteiger partial charge in [0, 0.05) is 55.2 Å². The average Bonchev–Trinajstić information content (AvgIpc) is 3.25. The third kappa shape index (κ3) is 5.20. The molecular weight excluding hydrogens is 528 g/mol. The summed E-state index contributed by atoms with van der Waals surface area (Å²) in [4.78, 5) is 30.2. The van der Waals surface area contributed by atoms with Crippen LogP contribution in [0.25, 0.3) is 22.2 Å². The fraction of sp³-hybridized carbons (Fsp3) is 0.529. The van der Waals surface area contributed by atoms with Crippen molar-refractivity contribution in [1.29, 1.82) is 0 Å². The number of carbonyl (C=O) groups excluding carboxylic acids is 1. The number of benzene rings is 2. The van der Waals surface area contributed by atoms with E-state index >= 15 is 0 Å². The van der Waals surface area contributed by atoms with Crippen LogP contribution in [0.5, 0.6) is 0 Å². The molecule has 3 aliphatic heterocycles. The predicted molar refractivity (Wildman–Crippen MR) is 163 cm³/mol. The number of hydrogen-bond acceptors (Lipinski definition) is 4. The second-order valence-electron chi connectivity index (χ2n) is 12.6. The quantitative estimate of drug-likeness (QED) is 0.434. The second kappa shape index (κ2) is 11.7. The van der Waals surface area contributed by atoms with E-state index in [1.165, 1.54) is 41.6 Å². The molecule has 7 rings (SSSR count). The fourth-order valence-corrected chi connectivity index (χ4v) is 8.01. The van der Waals surface area contributed by atoms with Crippen LogP contribution in [0, 0.1) is 0 Å². The number of carboxylic acid groups (broad SMARTS) is 1. The minimum Gasteiger partial charge on any atom is -0.478 e. The Morgan fingerprint density at radius 2 is 1.67 bits per heavy atom. The van der Waals surface area contributed by atoms with Crippen molar-refractivity contribution in [2.45, 2.75) is 75.9 Å². The molecule has 1 aromatic heterocycles. The number of rotatable bonds is 4. The first kappa shape index (κ1) is 27.5. The lowest BCUT2D eigenvalue weighted by atomic mass is 9.81. The molecular formula is C34H42N4O4. The fourth-order valence-electron chi connectivity index (χ4n) is 8.01. The summed E-state index contributed by atoms with van der Waals surface area (Å²) in [6.45, 7) is 5.72. The van der Waals surface area contributed by atoms with Crippen LogP contribution in [0.4, 0.5) is 4.79 Å². The molecule has 0 spiro atoms. The lowest BCUT2D eigenvalue weighted by molar-refractivity contribution is 0.00372. The molecule has 1 aliphatic carbocycles. The number of nitrogens with zero attached hydrogens (tertiary/aromatic N) is 3. The standard InChI is InChI=1S/C34H42N4O4/c39-33(40)25-10-11-29-30(21-25)38-22-26(35-34(41)37-14-12-27(13-15-37)36-16-18-42-19-17-36)20-24-8-4-5-9-28(24)32(38)31(29)23-6-2-1-3-7-23/h4-5,8-11,21,23,26-27H,1-3,6-7,12-20,22H2,(H,35,41)(H,39,40). The van der Waals surface area contributed by atoms with Crippen LogP contribution < -0.4 is 5.32 Å². The van der Waals surface area contributed by atoms with Crippen molar-refractivity contribution in [1.82, 2.24) is 19.7 Å². The number of aromatic nitrogens is 1. The molecule has 8 heteroatoms. The van der Waals surface area contributed by atoms with Crippen LogP contribution in [-0.2, 0) is 17.7 Å². The smallest absolute Gasteiger partial charge is 0.335 e. The second-order valence-corrected chi connectivity index (χ2v) is 12.6. The number of ether oxygens (including phenoxy) is 1. The van der Waals surface area contributed by atoms with E-state index in [0.717, 1.165) is 82.4 Å². The zero-order valence-corrected chi connectivity index (χ0v) is 24.4. The van der Waals surface area contributed by atoms with E-state index in [9.17, 15) is 14.7 Å². The molecule has 3 aromatic rings. The summed E-state index contributed by atoms with van der Waals surface area (Å²) in [5.74, 6) is -0.453. The highest BCUT2D eigenvalue weighted by Crippen LogP contribution is 2.46. The Kier molecular flexibility index (Phi) is 7.67. The van der Waals surface area contributed by atoms with Gasteiger partial charge < -0.3 is 24.6 Å². The molecule has 4 heterocycles. The minimum absolute atomic E-state index is 0.0107. The van der Waals surface area contributed by atoms with Gasteiger partial charge in [0.25, 0.3) is 0 Å². The van der Waals surface area contributed by atoms with Crippen LogP contribution in [0.2, 0.25) is 0 Å². The average molecular weight is 571 g/mol. The summed E-state index contributed by atoms with van der Waals surface area (Å²) in [6, 6.07) is 14.7. The third-order valence-electron chi connectivity index (χ3n) is 10.1. The molecule has 2 N–H and O–H groups in total. The number of carbonyl (C=O) groups is 2. The summed E-state index contributed by atoms with van der Waals surface area (Å²) in [6.07, 6.45) is 8.80. The van der Waals surface area contributed by atoms with Gasteiger partial charge in [0.1, 0.15) is 0 Å². The van der Waals surface area contributed by atoms with E-state index in [4.69, 9.17) is 4.74 Å². The Morgan fingerprint density at radius 3 is 2.43 bits per heavy atom. The molecule has 0 radical (unpaired) electrons. The topological polar surface area (TPSA) is 87.0 Å². The highest BCUT2D eigenvalue weighted by Gasteiger charge is 2.33. The van der Waals surface area contributed by atoms with E-state index in [1.807, 2.05) is 17.0 Å². The van der Waals surface area contributed by atoms with Gasteiger partial charge in [0.2, 0.25) is 0 Å². The molecule has 1 atom stereocenters. The Balaban J connectivity index is 1.20. The van der Waals surface area contributed by atoms with Crippen molar-refractivity contribution in [3.05, 3.63) is 59.2 Å². The zero-order chi connectivity index (χ0) is 28.6. The Labute approximate surface area is 247 Å². The SMILES string of the molecule is O=C(O)c1ccc2c(C3CCCCC3)c3n(c2c1)CC(NC(=O)N1CCC(N2CCOCC2)CC1)Cc1ccccc1-3. The van der Waals surface area contributed by atoms with Crippen LogP contribution in [0.15, 0.2) is 42.5 Å². The third-order valence-corrected chi connectivity index (χ3v) is 10.1. The van der Waals surface area contributed by atoms with Gasteiger partial charge in [-0.15, -0.1) is 0 Å². The van der Waals surface area contributed by atoms with Crippen molar-refractivity contribution >= 4 is 22.9 Å². The summed E-state index contributed by atoms with van der Waals surface area (Å²) in [5.41, 5.74) is 6.32. The van der Waals surface area contributed by atoms with Crippen LogP contribution in [-0.4, -0.2) is 83.0 Å². The van der Waals surface area contributed by atoms with Gasteiger partial charge in [-0.05, 0) is 61.3 Å². The van der Waals surface area contributed by atoms with Crippen molar-refractivity contribution in [3.63, 3.8) is 0 Å². The van der Waals surface area contributed by atoms with E-state index in [2.05, 4.69) is 39.0 Å². The Hall–Kier alpha value is -3.36. The highest BCUT2D eigenvalue weighted by molar-refractivity contribution is 5.98. The summed E-state index contributed by atoms with van der Waals surface area (Å²) in [5, 5.41) is 14.4. The van der Waals surface area contributed by atoms with E-state index < -0.39 is 5.97 Å². The number of morpholine rings is 1. The summed E-state index contributed by atoms with van der Waals surface area (Å²) < 4.78 is 7.85. The Morgan fingerprint density at radius 1 is 0.905 bits per heavy atom. The van der Waals surface area contributed by atoms with Crippen LogP contribution in [0.3, 0.4) is 0 Å². The van der Waals surface area contributed by atoms with Gasteiger partial charge in [-0.25, -0.2) is 9.59 Å². The lowest BCUT2D eigenvalue weighted by Crippen LogP contribution is -2.53. The molecule has 1 unspecified atom stereocenters. The number of likely N-dealkylation sites (tertiary alicyclic amines) is 1. The maximum absolute atomic E-state index is 13.6. The number of carboxylic acids is 1. The van der Waals surface area contributed by atoms with Gasteiger partial charge in [-0.2, -0.15) is 0 Å². The van der Waals surface area contributed by atoms with Crippen molar-refractivity contribution in [2.75, 3.05) is 39.4 Å². The highest BCUT2D eigenvalue weighted by atomic mass is 16.5. The predicted octanol–water partition coefficient (Wildman–Crippen LogP) is 5.49. The summed E-state index contributed by atoms with van der Waals surface area (Å²) >= 11 is 0. The monoisotopic (exact) mass is 570 g/mol. The number of fused-ring (bicyclic) bond motifs is 5. The molecule has 4 aliphatic rings. The van der Waals surface area contributed by atoms with E-state index in [1.54, 1.807) is 6.07 Å². The molecule has 1 saturated carbocycles. The number of piperidine rings is 1. The number of amides is 2. The number of urea groups is 1. The molecule has 3 fully saturated rings. The van der Waals surface area contributed by atoms with Gasteiger partial charge in [-0.1, -0.05) is 49.6 Å². The maximum atomic E-state index is 13.6. The van der Waals surface area contributed by atoms with Gasteiger partial charge in [0.05, 0.1) is 30.5 Å². The molecule has 2 aromatic carbocycles. The first-order valence-corrected chi connectivity index (χ1v) is 15.9. The van der Waals surface area contributed by atoms with Gasteiger partial charge in [0.15, 0.2) is 0 Å². The lowest BCUT2D eigenvalue weighted by Gasteiger charge is -2.40. The maximum Gasteiger partial charge on any atom is 0.335 e. The van der Waals surface area contributed by atoms with Gasteiger partial charge >= 0.3 is 12.0 Å². The molecule has 0 bridgehead atoms. The van der Waals surface area contributed by atoms with Crippen LogP contribution >= 0.6 is 0 Å². The first-order valence-electron chi connectivity index (χ1n) is 15.9. The number of hydrogen-bond donors (Lipinski definition) is 2. The molecule has 42 heavy (non-hydrogen) atoms. The number of nitrogens with one attached hydrogen (secondary N) is 1. The first-order chi connectivity index (χ1) is 20.6. The summed E-state index contributed by atoms with van der Waals surface area (Å²) in [7, 11) is 0. The largest absolute Gasteiger partial charge is 0.478 e. The van der Waals surface area contributed by atoms with E-state index in [-0.39, 0.29) is 12.1 Å². The molecule has 8 nitrogen and oxygen atoms in total. The minimum atomic E-state index is -0.911. The van der Waals surface area contributed by atoms with E-state index in [0.29, 0.717) is 24.1 Å². The van der Waals surface area contributed by atoms with Crippen LogP contribution in [0.1, 0.15) is 72.3 Å². The van der Waals surface area contributed by atoms with Crippen molar-refractivity contribution < 1.29 is 19.4 Å². The zero-order valence-electron chi connectivity index (χ0n) is 24.4.